The van der Waals surface area contributed by atoms with Crippen molar-refractivity contribution in [2.75, 3.05) is 5.32 Å². The highest BCUT2D eigenvalue weighted by molar-refractivity contribution is 6.31. The van der Waals surface area contributed by atoms with E-state index >= 15 is 0 Å². The summed E-state index contributed by atoms with van der Waals surface area (Å²) in [6.07, 6.45) is 3.31. The van der Waals surface area contributed by atoms with Gasteiger partial charge in [0.15, 0.2) is 0 Å². The standard InChI is InChI=1S/C20H14ClFN4O2/c21-18-8-5-15(10-14(18)11-22)24-20-26-25-19(28-20)13-3-6-16(7-4-13)27-17-2-1-9-23-12-17/h1-10,12H,11H2,(H,24,26). The van der Waals surface area contributed by atoms with E-state index in [0.29, 0.717) is 33.7 Å². The molecule has 0 saturated heterocycles. The number of anilines is 2. The van der Waals surface area contributed by atoms with Gasteiger partial charge >= 0.3 is 6.01 Å². The summed E-state index contributed by atoms with van der Waals surface area (Å²) < 4.78 is 24.2. The first-order chi connectivity index (χ1) is 13.7. The van der Waals surface area contributed by atoms with Crippen LogP contribution < -0.4 is 10.1 Å². The third kappa shape index (κ3) is 4.10. The smallest absolute Gasteiger partial charge is 0.320 e. The molecule has 0 fully saturated rings. The number of rotatable bonds is 6. The van der Waals surface area contributed by atoms with Gasteiger partial charge in [0.05, 0.1) is 6.20 Å². The number of pyridine rings is 1. The van der Waals surface area contributed by atoms with Crippen molar-refractivity contribution >= 4 is 23.3 Å². The summed E-state index contributed by atoms with van der Waals surface area (Å²) in [5, 5.41) is 11.3. The minimum Gasteiger partial charge on any atom is -0.456 e. The predicted molar refractivity (Wildman–Crippen MR) is 104 cm³/mol. The molecule has 0 unspecified atom stereocenters. The van der Waals surface area contributed by atoms with Gasteiger partial charge in [0.1, 0.15) is 18.2 Å². The van der Waals surface area contributed by atoms with Crippen molar-refractivity contribution in [3.05, 3.63) is 77.6 Å². The maximum Gasteiger partial charge on any atom is 0.320 e. The number of nitrogens with zero attached hydrogens (tertiary/aromatic N) is 3. The molecule has 0 atom stereocenters. The largest absolute Gasteiger partial charge is 0.456 e. The first-order valence-corrected chi connectivity index (χ1v) is 8.72. The molecule has 6 nitrogen and oxygen atoms in total. The second kappa shape index (κ2) is 8.06. The van der Waals surface area contributed by atoms with Gasteiger partial charge in [-0.1, -0.05) is 16.7 Å². The maximum absolute atomic E-state index is 12.9. The molecule has 0 amide bonds. The Morgan fingerprint density at radius 2 is 1.89 bits per heavy atom. The van der Waals surface area contributed by atoms with Crippen LogP contribution in [-0.2, 0) is 6.67 Å². The van der Waals surface area contributed by atoms with Crippen LogP contribution in [0.2, 0.25) is 5.02 Å². The maximum atomic E-state index is 12.9. The molecular formula is C20H14ClFN4O2. The monoisotopic (exact) mass is 396 g/mol. The van der Waals surface area contributed by atoms with Crippen molar-refractivity contribution < 1.29 is 13.5 Å². The number of hydrogen-bond acceptors (Lipinski definition) is 6. The van der Waals surface area contributed by atoms with Crippen LogP contribution in [-0.4, -0.2) is 15.2 Å². The SMILES string of the molecule is FCc1cc(Nc2nnc(-c3ccc(Oc4cccnc4)cc3)o2)ccc1Cl. The fraction of sp³-hybridized carbons (Fsp3) is 0.0500. The van der Waals surface area contributed by atoms with Crippen LogP contribution >= 0.6 is 11.6 Å². The molecular weight excluding hydrogens is 383 g/mol. The fourth-order valence-corrected chi connectivity index (χ4v) is 2.65. The Hall–Kier alpha value is -3.45. The lowest BCUT2D eigenvalue weighted by Crippen LogP contribution is -1.92. The van der Waals surface area contributed by atoms with E-state index in [1.54, 1.807) is 48.8 Å². The zero-order chi connectivity index (χ0) is 19.3. The van der Waals surface area contributed by atoms with Crippen LogP contribution in [0.1, 0.15) is 5.56 Å². The lowest BCUT2D eigenvalue weighted by Gasteiger charge is -2.05. The zero-order valence-electron chi connectivity index (χ0n) is 14.5. The Labute approximate surface area is 165 Å². The normalized spacial score (nSPS) is 10.6. The van der Waals surface area contributed by atoms with E-state index in [1.165, 1.54) is 0 Å². The summed E-state index contributed by atoms with van der Waals surface area (Å²) in [6.45, 7) is -0.656. The van der Waals surface area contributed by atoms with Crippen LogP contribution in [0.5, 0.6) is 11.5 Å². The topological polar surface area (TPSA) is 73.1 Å². The number of nitrogens with one attached hydrogen (secondary N) is 1. The molecule has 0 bridgehead atoms. The Morgan fingerprint density at radius 3 is 2.64 bits per heavy atom. The summed E-state index contributed by atoms with van der Waals surface area (Å²) in [5.41, 5.74) is 1.72. The van der Waals surface area contributed by atoms with Crippen LogP contribution in [0, 0.1) is 0 Å². The first-order valence-electron chi connectivity index (χ1n) is 8.34. The van der Waals surface area contributed by atoms with E-state index in [0.717, 1.165) is 5.56 Å². The molecule has 1 N–H and O–H groups in total. The third-order valence-electron chi connectivity index (χ3n) is 3.84. The average molecular weight is 397 g/mol. The number of benzene rings is 2. The van der Waals surface area contributed by atoms with Gasteiger partial charge in [-0.2, -0.15) is 0 Å². The molecule has 0 radical (unpaired) electrons. The second-order valence-electron chi connectivity index (χ2n) is 5.79. The summed E-state index contributed by atoms with van der Waals surface area (Å²) in [6, 6.07) is 15.9. The average Bonchev–Trinajstić information content (AvgIpc) is 3.19. The summed E-state index contributed by atoms with van der Waals surface area (Å²) in [5.74, 6) is 1.65. The molecule has 140 valence electrons. The minimum absolute atomic E-state index is 0.192. The Kier molecular flexibility index (Phi) is 5.16. The van der Waals surface area contributed by atoms with Gasteiger partial charge in [0, 0.05) is 28.0 Å². The van der Waals surface area contributed by atoms with Gasteiger partial charge in [-0.25, -0.2) is 4.39 Å². The number of aromatic nitrogens is 3. The molecule has 0 aliphatic heterocycles. The van der Waals surface area contributed by atoms with E-state index < -0.39 is 6.67 Å². The molecule has 4 rings (SSSR count). The molecule has 8 heteroatoms. The van der Waals surface area contributed by atoms with Crippen LogP contribution in [0.25, 0.3) is 11.5 Å². The number of hydrogen-bond donors (Lipinski definition) is 1. The lowest BCUT2D eigenvalue weighted by atomic mass is 10.2. The number of alkyl halides is 1. The summed E-state index contributed by atoms with van der Waals surface area (Å²) >= 11 is 5.91. The van der Waals surface area contributed by atoms with Gasteiger partial charge in [0.25, 0.3) is 0 Å². The Bertz CT molecular complexity index is 1070. The molecule has 2 heterocycles. The van der Waals surface area contributed by atoms with Gasteiger partial charge in [-0.05, 0) is 54.6 Å². The van der Waals surface area contributed by atoms with Crippen molar-refractivity contribution in [2.45, 2.75) is 6.67 Å². The molecule has 2 aromatic heterocycles. The molecule has 0 saturated carbocycles. The Balaban J connectivity index is 1.46. The van der Waals surface area contributed by atoms with E-state index in [9.17, 15) is 4.39 Å². The first kappa shape index (κ1) is 17.9. The molecule has 2 aromatic carbocycles. The van der Waals surface area contributed by atoms with Gasteiger partial charge in [-0.15, -0.1) is 5.10 Å². The zero-order valence-corrected chi connectivity index (χ0v) is 15.2. The van der Waals surface area contributed by atoms with Crippen LogP contribution in [0.4, 0.5) is 16.1 Å². The fourth-order valence-electron chi connectivity index (χ4n) is 2.48. The van der Waals surface area contributed by atoms with Crippen LogP contribution in [0.3, 0.4) is 0 Å². The van der Waals surface area contributed by atoms with Crippen molar-refractivity contribution in [1.29, 1.82) is 0 Å². The Morgan fingerprint density at radius 1 is 1.04 bits per heavy atom. The van der Waals surface area contributed by atoms with Crippen molar-refractivity contribution in [1.82, 2.24) is 15.2 Å². The van der Waals surface area contributed by atoms with E-state index in [4.69, 9.17) is 20.8 Å². The van der Waals surface area contributed by atoms with E-state index in [1.807, 2.05) is 18.2 Å². The third-order valence-corrected chi connectivity index (χ3v) is 4.21. The number of halogens is 2. The van der Waals surface area contributed by atoms with Gasteiger partial charge in [-0.3, -0.25) is 4.98 Å². The highest BCUT2D eigenvalue weighted by Gasteiger charge is 2.10. The van der Waals surface area contributed by atoms with Crippen LogP contribution in [0.15, 0.2) is 71.4 Å². The quantitative estimate of drug-likeness (QED) is 0.444. The van der Waals surface area contributed by atoms with E-state index in [2.05, 4.69) is 20.5 Å². The highest BCUT2D eigenvalue weighted by Crippen LogP contribution is 2.27. The molecule has 0 aliphatic rings. The van der Waals surface area contributed by atoms with Gasteiger partial charge < -0.3 is 14.5 Å². The molecule has 0 spiro atoms. The number of ether oxygens (including phenoxy) is 1. The van der Waals surface area contributed by atoms with Crippen molar-refractivity contribution in [2.24, 2.45) is 0 Å². The van der Waals surface area contributed by atoms with Crippen molar-refractivity contribution in [3.63, 3.8) is 0 Å². The molecule has 28 heavy (non-hydrogen) atoms. The minimum atomic E-state index is -0.656. The highest BCUT2D eigenvalue weighted by atomic mass is 35.5. The molecule has 4 aromatic rings. The second-order valence-corrected chi connectivity index (χ2v) is 6.20. The van der Waals surface area contributed by atoms with Gasteiger partial charge in [0.2, 0.25) is 5.89 Å². The molecule has 0 aliphatic carbocycles. The lowest BCUT2D eigenvalue weighted by molar-refractivity contribution is 0.480. The van der Waals surface area contributed by atoms with Crippen molar-refractivity contribution in [3.8, 4) is 23.0 Å². The summed E-state index contributed by atoms with van der Waals surface area (Å²) in [4.78, 5) is 4.01. The summed E-state index contributed by atoms with van der Waals surface area (Å²) in [7, 11) is 0. The van der Waals surface area contributed by atoms with E-state index in [-0.39, 0.29) is 6.01 Å². The predicted octanol–water partition coefficient (Wildman–Crippen LogP) is 5.79.